The molecule has 0 fully saturated rings. The second-order valence-electron chi connectivity index (χ2n) is 18.1. The Balaban J connectivity index is 1.07. The van der Waals surface area contributed by atoms with Gasteiger partial charge in [-0.15, -0.1) is 0 Å². The fourth-order valence-corrected chi connectivity index (χ4v) is 12.4. The van der Waals surface area contributed by atoms with Gasteiger partial charge in [-0.25, -0.2) is 0 Å². The van der Waals surface area contributed by atoms with Crippen molar-refractivity contribution >= 4 is 56.0 Å². The van der Waals surface area contributed by atoms with Crippen molar-refractivity contribution in [2.75, 3.05) is 4.90 Å². The minimum atomic E-state index is -0.521. The van der Waals surface area contributed by atoms with Gasteiger partial charge in [-0.05, 0) is 134 Å². The van der Waals surface area contributed by atoms with E-state index < -0.39 is 5.41 Å². The Morgan fingerprint density at radius 2 is 1.20 bits per heavy atom. The van der Waals surface area contributed by atoms with Gasteiger partial charge >= 0.3 is 0 Å². The molecule has 65 heavy (non-hydrogen) atoms. The predicted octanol–water partition coefficient (Wildman–Crippen LogP) is 17.1. The van der Waals surface area contributed by atoms with Crippen LogP contribution in [0.1, 0.15) is 83.7 Å². The van der Waals surface area contributed by atoms with Crippen molar-refractivity contribution < 1.29 is 0 Å². The van der Waals surface area contributed by atoms with Gasteiger partial charge in [0.2, 0.25) is 0 Å². The Hall–Kier alpha value is -7.13. The van der Waals surface area contributed by atoms with E-state index in [-0.39, 0.29) is 5.41 Å². The first-order valence-corrected chi connectivity index (χ1v) is 23.6. The Bertz CT molecular complexity index is 3170. The summed E-state index contributed by atoms with van der Waals surface area (Å²) in [5, 5.41) is 0. The number of allylic oxidation sites excluding steroid dienone is 11. The lowest BCUT2D eigenvalue weighted by atomic mass is 9.67. The molecule has 0 amide bonds. The zero-order valence-electron chi connectivity index (χ0n) is 37.3. The Morgan fingerprint density at radius 1 is 0.600 bits per heavy atom. The third-order valence-corrected chi connectivity index (χ3v) is 15.4. The molecule has 7 aromatic carbocycles. The van der Waals surface area contributed by atoms with Crippen LogP contribution in [0.2, 0.25) is 0 Å². The maximum Gasteiger partial charge on any atom is 0.0718 e. The molecule has 2 heteroatoms. The molecular weight excluding hydrogens is 803 g/mol. The van der Waals surface area contributed by atoms with Crippen LogP contribution in [-0.2, 0) is 10.8 Å². The summed E-state index contributed by atoms with van der Waals surface area (Å²) in [5.41, 5.74) is 21.8. The molecule has 0 saturated carbocycles. The number of thioether (sulfide) groups is 1. The number of hydrogen-bond acceptors (Lipinski definition) is 2. The highest BCUT2D eigenvalue weighted by Gasteiger charge is 2.47. The summed E-state index contributed by atoms with van der Waals surface area (Å²) in [7, 11) is 0. The molecule has 1 nitrogen and oxygen atoms in total. The van der Waals surface area contributed by atoms with E-state index >= 15 is 0 Å². The van der Waals surface area contributed by atoms with Gasteiger partial charge in [-0.1, -0.05) is 215 Å². The van der Waals surface area contributed by atoms with Crippen molar-refractivity contribution in [1.29, 1.82) is 0 Å². The lowest BCUT2D eigenvalue weighted by Gasteiger charge is -2.35. The first kappa shape index (κ1) is 40.6. The zero-order chi connectivity index (χ0) is 44.3. The summed E-state index contributed by atoms with van der Waals surface area (Å²) in [4.78, 5) is 4.87. The predicted molar refractivity (Wildman–Crippen MR) is 279 cm³/mol. The van der Waals surface area contributed by atoms with Crippen molar-refractivity contribution in [3.63, 3.8) is 0 Å². The summed E-state index contributed by atoms with van der Waals surface area (Å²) in [6, 6.07) is 65.0. The highest BCUT2D eigenvalue weighted by atomic mass is 32.2. The van der Waals surface area contributed by atoms with Crippen LogP contribution < -0.4 is 4.90 Å². The van der Waals surface area contributed by atoms with Crippen LogP contribution >= 0.6 is 11.8 Å². The quantitative estimate of drug-likeness (QED) is 0.140. The zero-order valence-corrected chi connectivity index (χ0v) is 38.1. The molecule has 314 valence electrons. The molecule has 4 aliphatic rings. The molecule has 0 spiro atoms. The van der Waals surface area contributed by atoms with Gasteiger partial charge in [0.15, 0.2) is 0 Å². The second-order valence-corrected chi connectivity index (χ2v) is 19.1. The topological polar surface area (TPSA) is 3.24 Å². The van der Waals surface area contributed by atoms with Gasteiger partial charge in [0.05, 0.1) is 11.1 Å². The summed E-state index contributed by atoms with van der Waals surface area (Å²) in [6.45, 7) is 15.9. The molecular formula is C63H51NS. The van der Waals surface area contributed by atoms with Crippen LogP contribution in [0, 0.1) is 0 Å². The van der Waals surface area contributed by atoms with E-state index in [4.69, 9.17) is 6.58 Å². The van der Waals surface area contributed by atoms with Crippen LogP contribution in [0.15, 0.2) is 236 Å². The maximum absolute atomic E-state index is 4.75. The van der Waals surface area contributed by atoms with Gasteiger partial charge in [-0.2, -0.15) is 0 Å². The van der Waals surface area contributed by atoms with E-state index in [0.29, 0.717) is 0 Å². The summed E-state index contributed by atoms with van der Waals surface area (Å²) >= 11 is 1.88. The number of anilines is 3. The number of nitrogens with zero attached hydrogens (tertiary/aromatic N) is 1. The summed E-state index contributed by atoms with van der Waals surface area (Å²) in [5.74, 6) is 0. The molecule has 7 aromatic rings. The van der Waals surface area contributed by atoms with Crippen LogP contribution in [0.5, 0.6) is 0 Å². The van der Waals surface area contributed by atoms with Gasteiger partial charge in [0.25, 0.3) is 0 Å². The maximum atomic E-state index is 4.75. The van der Waals surface area contributed by atoms with E-state index in [1.807, 2.05) is 24.8 Å². The third-order valence-electron chi connectivity index (χ3n) is 14.1. The van der Waals surface area contributed by atoms with E-state index in [9.17, 15) is 0 Å². The van der Waals surface area contributed by atoms with Crippen molar-refractivity contribution in [2.45, 2.75) is 49.3 Å². The molecule has 0 bridgehead atoms. The molecule has 0 saturated heterocycles. The van der Waals surface area contributed by atoms with Gasteiger partial charge in [0.1, 0.15) is 0 Å². The monoisotopic (exact) mass is 853 g/mol. The highest BCUT2D eigenvalue weighted by Crippen LogP contribution is 2.61. The molecule has 0 N–H and O–H groups in total. The number of hydrogen-bond donors (Lipinski definition) is 0. The number of rotatable bonds is 8. The van der Waals surface area contributed by atoms with E-state index in [2.05, 4.69) is 226 Å². The fraction of sp³-hybridized carbons (Fsp3) is 0.111. The highest BCUT2D eigenvalue weighted by molar-refractivity contribution is 8.08. The minimum absolute atomic E-state index is 0.0173. The first-order chi connectivity index (χ1) is 31.8. The van der Waals surface area contributed by atoms with Crippen LogP contribution in [0.3, 0.4) is 0 Å². The van der Waals surface area contributed by atoms with Gasteiger partial charge < -0.3 is 4.90 Å². The number of benzene rings is 7. The Labute approximate surface area is 388 Å². The Kier molecular flexibility index (Phi) is 10.1. The average molecular weight is 854 g/mol. The van der Waals surface area contributed by atoms with E-state index in [0.717, 1.165) is 52.2 Å². The van der Waals surface area contributed by atoms with Crippen molar-refractivity contribution in [1.82, 2.24) is 0 Å². The Morgan fingerprint density at radius 3 is 1.88 bits per heavy atom. The van der Waals surface area contributed by atoms with Crippen LogP contribution in [0.4, 0.5) is 17.1 Å². The summed E-state index contributed by atoms with van der Waals surface area (Å²) in [6.07, 6.45) is 13.3. The van der Waals surface area contributed by atoms with Crippen molar-refractivity contribution in [2.24, 2.45) is 0 Å². The smallest absolute Gasteiger partial charge is 0.0718 e. The van der Waals surface area contributed by atoms with Crippen LogP contribution in [-0.4, -0.2) is 0 Å². The standard InChI is InChI=1S/C63H51NS/c1-6-18-42(2)44-30-35-49(36-31-44)64(50-37-32-45(33-38-50)46-34-39-53-52-23-13-15-26-55(52)62(4,5)58(53)41-46)59-28-17-25-51-43(3)29-40-57-60(65-61(51)59)54-24-14-16-27-56(54)63(57,47-19-9-7-10-20-47)48-21-11-8-12-22-48/h6-33,35-38,40-41H,2-3,34,39H2,1,4-5H3/b18-6-,40-29-. The molecule has 3 aliphatic carbocycles. The molecule has 1 heterocycles. The molecule has 1 aliphatic heterocycles. The van der Waals surface area contributed by atoms with Gasteiger partial charge in [0, 0.05) is 26.6 Å². The van der Waals surface area contributed by atoms with E-state index in [1.165, 1.54) is 71.0 Å². The molecule has 0 unspecified atom stereocenters. The van der Waals surface area contributed by atoms with Crippen LogP contribution in [0.25, 0.3) is 27.2 Å². The normalized spacial score (nSPS) is 17.0. The summed E-state index contributed by atoms with van der Waals surface area (Å²) < 4.78 is 0. The first-order valence-electron chi connectivity index (χ1n) is 22.8. The molecule has 0 radical (unpaired) electrons. The van der Waals surface area contributed by atoms with Crippen molar-refractivity contribution in [3.05, 3.63) is 281 Å². The van der Waals surface area contributed by atoms with E-state index in [1.54, 1.807) is 0 Å². The number of fused-ring (bicyclic) bond motifs is 5. The second kappa shape index (κ2) is 16.1. The SMILES string of the molecule is C=C(/C=C\C)c1ccc(N(c2ccc(C3=CC4=C(CC3)c3ccccc3C4(C)C)cc2)c2cccc3c2SC2=C(/C=C\C3=C)C(c3ccccc3)(c3ccccc3)c3ccccc32)cc1. The average Bonchev–Trinajstić information content (AvgIpc) is 3.75. The lowest BCUT2D eigenvalue weighted by molar-refractivity contribution is 0.652. The molecule has 11 rings (SSSR count). The van der Waals surface area contributed by atoms with Crippen molar-refractivity contribution in [3.8, 4) is 0 Å². The lowest BCUT2D eigenvalue weighted by Crippen LogP contribution is -2.29. The molecule has 0 atom stereocenters. The fourth-order valence-electron chi connectivity index (χ4n) is 11.0. The molecule has 0 aromatic heterocycles. The van der Waals surface area contributed by atoms with Gasteiger partial charge in [-0.3, -0.25) is 0 Å². The third kappa shape index (κ3) is 6.53. The largest absolute Gasteiger partial charge is 0.309 e. The minimum Gasteiger partial charge on any atom is -0.309 e.